The zero-order chi connectivity index (χ0) is 25.9. The predicted molar refractivity (Wildman–Crippen MR) is 185 cm³/mol. The maximum atomic E-state index is 2.48. The van der Waals surface area contributed by atoms with E-state index in [1.807, 2.05) is 90.7 Å². The second kappa shape index (κ2) is 8.56. The standard InChI is InChI=1S/C32H14S8/c1-7-33-25-15(1)17-3-9-37-29(17)31-21(19-5-11-35-27(19)25)13-23(39-31)24-14-22-20-6-12-36-28(20)26-16(2-8-34-26)18-4-10-38-30(18)32(22)40-24/h1-14H. The molecule has 0 N–H and O–H groups in total. The third-order valence-electron chi connectivity index (χ3n) is 7.68. The Kier molecular flexibility index (Phi) is 4.97. The molecule has 0 aliphatic heterocycles. The minimum absolute atomic E-state index is 1.37. The second-order valence-corrected chi connectivity index (χ2v) is 17.3. The fraction of sp³-hybridized carbons (Fsp3) is 0. The van der Waals surface area contributed by atoms with Gasteiger partial charge in [-0.15, -0.1) is 90.7 Å². The highest BCUT2D eigenvalue weighted by Crippen LogP contribution is 2.59. The van der Waals surface area contributed by atoms with E-state index in [2.05, 4.69) is 80.8 Å². The van der Waals surface area contributed by atoms with E-state index in [0.29, 0.717) is 0 Å². The number of rotatable bonds is 1. The summed E-state index contributed by atoms with van der Waals surface area (Å²) in [6.07, 6.45) is 0. The second-order valence-electron chi connectivity index (χ2n) is 9.69. The van der Waals surface area contributed by atoms with Gasteiger partial charge in [0.2, 0.25) is 0 Å². The summed E-state index contributed by atoms with van der Waals surface area (Å²) in [7, 11) is 0. The van der Waals surface area contributed by atoms with Gasteiger partial charge in [0, 0.05) is 54.3 Å². The number of fused-ring (bicyclic) bond motifs is 16. The average molecular weight is 655 g/mol. The van der Waals surface area contributed by atoms with Crippen LogP contribution in [0.5, 0.6) is 0 Å². The van der Waals surface area contributed by atoms with Crippen molar-refractivity contribution in [3.63, 3.8) is 0 Å². The molecule has 8 heterocycles. The van der Waals surface area contributed by atoms with Crippen LogP contribution in [-0.4, -0.2) is 0 Å². The Morgan fingerprint density at radius 2 is 0.525 bits per heavy atom. The third kappa shape index (κ3) is 3.08. The molecule has 0 bridgehead atoms. The minimum Gasteiger partial charge on any atom is -0.142 e. The van der Waals surface area contributed by atoms with E-state index in [-0.39, 0.29) is 0 Å². The molecule has 0 aromatic carbocycles. The molecule has 0 spiro atoms. The van der Waals surface area contributed by atoms with Crippen molar-refractivity contribution in [2.24, 2.45) is 0 Å². The molecule has 10 rings (SSSR count). The summed E-state index contributed by atoms with van der Waals surface area (Å²) in [4.78, 5) is 14.0. The summed E-state index contributed by atoms with van der Waals surface area (Å²) >= 11 is 15.2. The first kappa shape index (κ1) is 23.2. The number of hydrogen-bond acceptors (Lipinski definition) is 8. The van der Waals surface area contributed by atoms with Crippen LogP contribution in [0.15, 0.2) is 80.8 Å². The molecule has 0 unspecified atom stereocenters. The fourth-order valence-corrected chi connectivity index (χ4v) is 14.6. The highest BCUT2D eigenvalue weighted by molar-refractivity contribution is 7.29. The van der Waals surface area contributed by atoms with E-state index in [4.69, 9.17) is 0 Å². The normalized spacial score (nSPS) is 12.5. The Labute approximate surface area is 262 Å². The van der Waals surface area contributed by atoms with Crippen LogP contribution < -0.4 is 0 Å². The monoisotopic (exact) mass is 654 g/mol. The smallest absolute Gasteiger partial charge is 0.0534 e. The van der Waals surface area contributed by atoms with Crippen LogP contribution in [0.25, 0.3) is 93.3 Å². The molecule has 0 fully saturated rings. The van der Waals surface area contributed by atoms with Crippen molar-refractivity contribution in [2.45, 2.75) is 0 Å². The van der Waals surface area contributed by atoms with Gasteiger partial charge in [-0.2, -0.15) is 0 Å². The van der Waals surface area contributed by atoms with Gasteiger partial charge in [-0.05, 0) is 80.8 Å². The third-order valence-corrected chi connectivity index (χ3v) is 16.3. The summed E-state index contributed by atoms with van der Waals surface area (Å²) in [5, 5.41) is 13.6. The van der Waals surface area contributed by atoms with E-state index >= 15 is 0 Å². The lowest BCUT2D eigenvalue weighted by molar-refractivity contribution is 1.74. The molecule has 0 saturated carbocycles. The molecular weight excluding hydrogens is 641 g/mol. The lowest BCUT2D eigenvalue weighted by Gasteiger charge is -2.12. The van der Waals surface area contributed by atoms with Gasteiger partial charge in [0.05, 0.1) is 39.0 Å². The lowest BCUT2D eigenvalue weighted by Crippen LogP contribution is -1.85. The Balaban J connectivity index is 1.23. The van der Waals surface area contributed by atoms with Crippen LogP contribution in [0.1, 0.15) is 0 Å². The fourth-order valence-electron chi connectivity index (χ4n) is 5.95. The first-order valence-electron chi connectivity index (χ1n) is 12.6. The molecule has 0 atom stereocenters. The number of hydrogen-bond donors (Lipinski definition) is 0. The molecule has 190 valence electrons. The van der Waals surface area contributed by atoms with Crippen LogP contribution in [0, 0.1) is 0 Å². The zero-order valence-electron chi connectivity index (χ0n) is 20.3. The molecule has 2 aliphatic rings. The summed E-state index contributed by atoms with van der Waals surface area (Å²) in [6, 6.07) is 18.9. The van der Waals surface area contributed by atoms with Crippen molar-refractivity contribution in [2.75, 3.05) is 0 Å². The van der Waals surface area contributed by atoms with Crippen molar-refractivity contribution in [3.8, 4) is 93.3 Å². The molecule has 0 amide bonds. The summed E-state index contributed by atoms with van der Waals surface area (Å²) < 4.78 is 0. The van der Waals surface area contributed by atoms with Gasteiger partial charge in [0.1, 0.15) is 0 Å². The molecule has 8 heteroatoms. The topological polar surface area (TPSA) is 0 Å². The van der Waals surface area contributed by atoms with Crippen LogP contribution in [-0.2, 0) is 0 Å². The molecule has 40 heavy (non-hydrogen) atoms. The zero-order valence-corrected chi connectivity index (χ0v) is 26.9. The van der Waals surface area contributed by atoms with E-state index in [1.54, 1.807) is 0 Å². The van der Waals surface area contributed by atoms with Gasteiger partial charge >= 0.3 is 0 Å². The highest BCUT2D eigenvalue weighted by atomic mass is 32.1. The molecule has 8 aromatic heterocycles. The van der Waals surface area contributed by atoms with Crippen LogP contribution in [0.2, 0.25) is 0 Å². The molecule has 0 saturated heterocycles. The molecular formula is C32H14S8. The van der Waals surface area contributed by atoms with Crippen molar-refractivity contribution in [3.05, 3.63) is 80.8 Å². The van der Waals surface area contributed by atoms with Gasteiger partial charge in [-0.3, -0.25) is 0 Å². The van der Waals surface area contributed by atoms with Crippen LogP contribution >= 0.6 is 90.7 Å². The Bertz CT molecular complexity index is 1930. The lowest BCUT2D eigenvalue weighted by atomic mass is 9.96. The average Bonchev–Trinajstić information content (AvgIpc) is 3.81. The number of thiophene rings is 8. The van der Waals surface area contributed by atoms with Crippen molar-refractivity contribution in [1.82, 2.24) is 0 Å². The Hall–Kier alpha value is -2.40. The minimum atomic E-state index is 1.37. The maximum absolute atomic E-state index is 2.48. The van der Waals surface area contributed by atoms with E-state index in [9.17, 15) is 0 Å². The van der Waals surface area contributed by atoms with Gasteiger partial charge in [0.15, 0.2) is 0 Å². The first-order valence-corrected chi connectivity index (χ1v) is 19.5. The Morgan fingerprint density at radius 3 is 0.825 bits per heavy atom. The largest absolute Gasteiger partial charge is 0.142 e. The highest BCUT2D eigenvalue weighted by Gasteiger charge is 2.30. The summed E-state index contributed by atoms with van der Waals surface area (Å²) in [5.41, 5.74) is 11.1. The van der Waals surface area contributed by atoms with E-state index < -0.39 is 0 Å². The maximum Gasteiger partial charge on any atom is 0.0534 e. The van der Waals surface area contributed by atoms with E-state index in [0.717, 1.165) is 0 Å². The SMILES string of the molecule is c1cc2c(s1)-c1sccc1-c1cc(-c3cc4c(s3)-c3sccc3-c3ccsc3-c3sccc3-4)sc1-c1sccc1-2. The Morgan fingerprint density at radius 1 is 0.275 bits per heavy atom. The molecule has 0 nitrogen and oxygen atoms in total. The molecule has 2 aliphatic carbocycles. The van der Waals surface area contributed by atoms with Crippen LogP contribution in [0.4, 0.5) is 0 Å². The van der Waals surface area contributed by atoms with Gasteiger partial charge in [-0.1, -0.05) is 0 Å². The van der Waals surface area contributed by atoms with Crippen molar-refractivity contribution < 1.29 is 0 Å². The van der Waals surface area contributed by atoms with Gasteiger partial charge < -0.3 is 0 Å². The summed E-state index contributed by atoms with van der Waals surface area (Å²) in [5.74, 6) is 0. The van der Waals surface area contributed by atoms with E-state index in [1.165, 1.54) is 93.3 Å². The van der Waals surface area contributed by atoms with Crippen LogP contribution in [0.3, 0.4) is 0 Å². The molecule has 0 radical (unpaired) electrons. The first-order chi connectivity index (χ1) is 19.8. The predicted octanol–water partition coefficient (Wildman–Crippen LogP) is 13.8. The summed E-state index contributed by atoms with van der Waals surface area (Å²) in [6.45, 7) is 0. The van der Waals surface area contributed by atoms with Gasteiger partial charge in [-0.25, -0.2) is 0 Å². The van der Waals surface area contributed by atoms with Gasteiger partial charge in [0.25, 0.3) is 0 Å². The molecule has 8 aromatic rings. The van der Waals surface area contributed by atoms with Crippen molar-refractivity contribution in [1.29, 1.82) is 0 Å². The quantitative estimate of drug-likeness (QED) is 0.165. The van der Waals surface area contributed by atoms with Crippen molar-refractivity contribution >= 4 is 90.7 Å².